The smallest absolute Gasteiger partial charge is 0.314 e. The third-order valence-electron chi connectivity index (χ3n) is 6.77. The Morgan fingerprint density at radius 1 is 1.16 bits per heavy atom. The van der Waals surface area contributed by atoms with E-state index in [2.05, 4.69) is 34.8 Å². The fraction of sp³-hybridized carbons (Fsp3) is 0.423. The Balaban J connectivity index is 1.53. The van der Waals surface area contributed by atoms with Crippen LogP contribution in [0.25, 0.3) is 33.7 Å². The highest BCUT2D eigenvalue weighted by Crippen LogP contribution is 2.41. The van der Waals surface area contributed by atoms with E-state index in [1.54, 1.807) is 35.0 Å². The van der Waals surface area contributed by atoms with Crippen LogP contribution in [0.1, 0.15) is 37.1 Å². The molecule has 5 rings (SSSR count). The number of hydrogen-bond donors (Lipinski definition) is 1. The second-order valence-corrected chi connectivity index (χ2v) is 16.4. The van der Waals surface area contributed by atoms with E-state index in [9.17, 15) is 13.9 Å². The normalized spacial score (nSPS) is 15.5. The van der Waals surface area contributed by atoms with Crippen LogP contribution in [0.4, 0.5) is 13.2 Å². The zero-order chi connectivity index (χ0) is 26.4. The Labute approximate surface area is 213 Å². The molecule has 3 heterocycles. The lowest BCUT2D eigenvalue weighted by atomic mass is 9.75. The molecule has 1 N–H and O–H groups in total. The second-order valence-electron chi connectivity index (χ2n) is 10.8. The zero-order valence-electron chi connectivity index (χ0n) is 21.0. The van der Waals surface area contributed by atoms with Gasteiger partial charge in [-0.15, -0.1) is 10.2 Å². The standard InChI is InChI=1S/C26H29F3N4O3Si/c1-37(2,3)12-11-35-15-33-14-18(24-31-32-25(36-24)23(28)29)22-20(33)13-19(27)21(30-22)16-5-7-17(8-6-16)26(34)9-4-10-26/h5-8,13-14,23,34H,4,9-12,15H2,1-3H3. The van der Waals surface area contributed by atoms with Crippen molar-refractivity contribution in [1.82, 2.24) is 19.7 Å². The van der Waals surface area contributed by atoms with Gasteiger partial charge in [0.25, 0.3) is 11.8 Å². The highest BCUT2D eigenvalue weighted by atomic mass is 28.3. The Hall–Kier alpha value is -3.02. The number of aliphatic hydroxyl groups is 1. The van der Waals surface area contributed by atoms with Gasteiger partial charge < -0.3 is 18.8 Å². The van der Waals surface area contributed by atoms with Crippen LogP contribution >= 0.6 is 0 Å². The van der Waals surface area contributed by atoms with Gasteiger partial charge in [-0.1, -0.05) is 43.9 Å². The van der Waals surface area contributed by atoms with Gasteiger partial charge in [0.1, 0.15) is 17.9 Å². The summed E-state index contributed by atoms with van der Waals surface area (Å²) in [5.41, 5.74) is 1.63. The molecule has 0 radical (unpaired) electrons. The lowest BCUT2D eigenvalue weighted by Gasteiger charge is -2.37. The van der Waals surface area contributed by atoms with Gasteiger partial charge in [0.05, 0.1) is 16.7 Å². The fourth-order valence-electron chi connectivity index (χ4n) is 4.36. The topological polar surface area (TPSA) is 86.2 Å². The van der Waals surface area contributed by atoms with Crippen LogP contribution in [-0.2, 0) is 17.1 Å². The van der Waals surface area contributed by atoms with E-state index >= 15 is 4.39 Å². The quantitative estimate of drug-likeness (QED) is 0.196. The third kappa shape index (κ3) is 5.20. The lowest BCUT2D eigenvalue weighted by molar-refractivity contribution is -0.0387. The molecule has 4 aromatic rings. The summed E-state index contributed by atoms with van der Waals surface area (Å²) >= 11 is 0. The molecule has 0 unspecified atom stereocenters. The van der Waals surface area contributed by atoms with Crippen LogP contribution in [0.2, 0.25) is 25.7 Å². The molecule has 3 aromatic heterocycles. The molecule has 196 valence electrons. The van der Waals surface area contributed by atoms with Crippen molar-refractivity contribution in [1.29, 1.82) is 0 Å². The minimum absolute atomic E-state index is 0.0897. The maximum atomic E-state index is 15.4. The van der Waals surface area contributed by atoms with Gasteiger partial charge in [0.15, 0.2) is 5.82 Å². The first kappa shape index (κ1) is 25.6. The molecule has 1 fully saturated rings. The van der Waals surface area contributed by atoms with Crippen LogP contribution in [0.3, 0.4) is 0 Å². The van der Waals surface area contributed by atoms with Crippen molar-refractivity contribution in [3.8, 4) is 22.7 Å². The van der Waals surface area contributed by atoms with Crippen LogP contribution in [0, 0.1) is 5.82 Å². The number of benzene rings is 1. The Kier molecular flexibility index (Phi) is 6.71. The fourth-order valence-corrected chi connectivity index (χ4v) is 5.12. The van der Waals surface area contributed by atoms with Crippen LogP contribution in [0.15, 0.2) is 40.9 Å². The predicted octanol–water partition coefficient (Wildman–Crippen LogP) is 6.51. The summed E-state index contributed by atoms with van der Waals surface area (Å²) in [6.07, 6.45) is 1.06. The van der Waals surface area contributed by atoms with Gasteiger partial charge in [0, 0.05) is 32.5 Å². The largest absolute Gasteiger partial charge is 0.415 e. The average Bonchev–Trinajstić information content (AvgIpc) is 3.44. The second kappa shape index (κ2) is 9.69. The SMILES string of the molecule is C[Si](C)(C)CCOCn1cc(-c2nnc(C(F)F)o2)c2nc(-c3ccc(C4(O)CCC4)cc3)c(F)cc21. The number of nitrogens with zero attached hydrogens (tertiary/aromatic N) is 4. The molecule has 0 atom stereocenters. The minimum Gasteiger partial charge on any atom is -0.415 e. The average molecular weight is 531 g/mol. The van der Waals surface area contributed by atoms with E-state index in [1.165, 1.54) is 6.07 Å². The molecule has 0 aliphatic heterocycles. The van der Waals surface area contributed by atoms with Gasteiger partial charge in [-0.05, 0) is 30.9 Å². The van der Waals surface area contributed by atoms with E-state index in [-0.39, 0.29) is 18.3 Å². The molecule has 1 aliphatic carbocycles. The number of hydrogen-bond acceptors (Lipinski definition) is 6. The third-order valence-corrected chi connectivity index (χ3v) is 8.47. The van der Waals surface area contributed by atoms with Crippen molar-refractivity contribution in [2.24, 2.45) is 0 Å². The Morgan fingerprint density at radius 3 is 2.49 bits per heavy atom. The van der Waals surface area contributed by atoms with Crippen LogP contribution < -0.4 is 0 Å². The van der Waals surface area contributed by atoms with Crippen LogP contribution in [0.5, 0.6) is 0 Å². The maximum absolute atomic E-state index is 15.4. The Morgan fingerprint density at radius 2 is 1.89 bits per heavy atom. The maximum Gasteiger partial charge on any atom is 0.314 e. The molecule has 1 aliphatic rings. The molecule has 0 amide bonds. The number of rotatable bonds is 9. The summed E-state index contributed by atoms with van der Waals surface area (Å²) in [5.74, 6) is -1.47. The first-order valence-electron chi connectivity index (χ1n) is 12.3. The van der Waals surface area contributed by atoms with E-state index in [1.807, 2.05) is 0 Å². The van der Waals surface area contributed by atoms with Crippen molar-refractivity contribution >= 4 is 19.1 Å². The van der Waals surface area contributed by atoms with Crippen molar-refractivity contribution < 1.29 is 27.4 Å². The van der Waals surface area contributed by atoms with Gasteiger partial charge in [-0.2, -0.15) is 8.78 Å². The van der Waals surface area contributed by atoms with E-state index in [4.69, 9.17) is 9.15 Å². The summed E-state index contributed by atoms with van der Waals surface area (Å²) in [4.78, 5) is 4.57. The van der Waals surface area contributed by atoms with Gasteiger partial charge >= 0.3 is 6.43 Å². The number of fused-ring (bicyclic) bond motifs is 1. The summed E-state index contributed by atoms with van der Waals surface area (Å²) in [7, 11) is -1.30. The summed E-state index contributed by atoms with van der Waals surface area (Å²) < 4.78 is 54.3. The monoisotopic (exact) mass is 530 g/mol. The lowest BCUT2D eigenvalue weighted by Crippen LogP contribution is -2.33. The van der Waals surface area contributed by atoms with E-state index in [0.29, 0.717) is 41.6 Å². The van der Waals surface area contributed by atoms with Crippen LogP contribution in [-0.4, -0.2) is 39.5 Å². The molecular weight excluding hydrogens is 501 g/mol. The number of halogens is 3. The summed E-state index contributed by atoms with van der Waals surface area (Å²) in [6.45, 7) is 7.42. The molecule has 1 saturated carbocycles. The number of aromatic nitrogens is 4. The first-order chi connectivity index (χ1) is 17.5. The molecule has 0 saturated heterocycles. The van der Waals surface area contributed by atoms with Crippen molar-refractivity contribution in [2.45, 2.75) is 63.7 Å². The predicted molar refractivity (Wildman–Crippen MR) is 135 cm³/mol. The van der Waals surface area contributed by atoms with E-state index in [0.717, 1.165) is 18.0 Å². The van der Waals surface area contributed by atoms with Crippen molar-refractivity contribution in [3.63, 3.8) is 0 Å². The molecule has 1 aromatic carbocycles. The van der Waals surface area contributed by atoms with Gasteiger partial charge in [-0.25, -0.2) is 9.37 Å². The molecule has 11 heteroatoms. The summed E-state index contributed by atoms with van der Waals surface area (Å²) in [5, 5.41) is 17.8. The molecule has 0 spiro atoms. The van der Waals surface area contributed by atoms with Gasteiger partial charge in [0.2, 0.25) is 0 Å². The molecule has 37 heavy (non-hydrogen) atoms. The minimum atomic E-state index is -2.91. The van der Waals surface area contributed by atoms with Crippen molar-refractivity contribution in [3.05, 3.63) is 53.8 Å². The summed E-state index contributed by atoms with van der Waals surface area (Å²) in [6, 6.07) is 9.32. The number of alkyl halides is 2. The van der Waals surface area contributed by atoms with E-state index < -0.39 is 31.8 Å². The highest BCUT2D eigenvalue weighted by molar-refractivity contribution is 6.76. The van der Waals surface area contributed by atoms with Crippen molar-refractivity contribution in [2.75, 3.05) is 6.61 Å². The number of ether oxygens (including phenoxy) is 1. The highest BCUT2D eigenvalue weighted by Gasteiger charge is 2.36. The Bertz CT molecular complexity index is 1410. The molecule has 0 bridgehead atoms. The zero-order valence-corrected chi connectivity index (χ0v) is 22.0. The first-order valence-corrected chi connectivity index (χ1v) is 16.0. The van der Waals surface area contributed by atoms with Gasteiger partial charge in [-0.3, -0.25) is 0 Å². The number of pyridine rings is 1. The molecule has 7 nitrogen and oxygen atoms in total. The molecular formula is C26H29F3N4O3Si.